The fourth-order valence-electron chi connectivity index (χ4n) is 1.63. The highest BCUT2D eigenvalue weighted by atomic mass is 79.9. The molecule has 0 amide bonds. The van der Waals surface area contributed by atoms with Crippen LogP contribution in [0.25, 0.3) is 10.6 Å². The molecule has 2 rings (SSSR count). The van der Waals surface area contributed by atoms with E-state index in [0.717, 1.165) is 33.8 Å². The van der Waals surface area contributed by atoms with Crippen LogP contribution in [0.3, 0.4) is 0 Å². The Labute approximate surface area is 118 Å². The number of halogens is 2. The van der Waals surface area contributed by atoms with Crippen molar-refractivity contribution in [2.45, 2.75) is 20.4 Å². The third-order valence-electron chi connectivity index (χ3n) is 2.54. The molecule has 0 saturated heterocycles. The molecule has 5 heteroatoms. The topological polar surface area (TPSA) is 24.9 Å². The van der Waals surface area contributed by atoms with E-state index in [0.29, 0.717) is 0 Å². The second-order valence-electron chi connectivity index (χ2n) is 3.97. The van der Waals surface area contributed by atoms with E-state index in [1.54, 1.807) is 11.3 Å². The summed E-state index contributed by atoms with van der Waals surface area (Å²) >= 11 is 4.91. The van der Waals surface area contributed by atoms with Gasteiger partial charge in [0.25, 0.3) is 0 Å². The highest BCUT2D eigenvalue weighted by Crippen LogP contribution is 2.30. The molecule has 0 unspecified atom stereocenters. The number of benzene rings is 1. The summed E-state index contributed by atoms with van der Waals surface area (Å²) in [5.41, 5.74) is 1.83. The molecule has 0 atom stereocenters. The summed E-state index contributed by atoms with van der Waals surface area (Å²) in [6, 6.07) is 4.85. The van der Waals surface area contributed by atoms with Crippen molar-refractivity contribution >= 4 is 27.3 Å². The first-order valence-corrected chi connectivity index (χ1v) is 7.34. The minimum Gasteiger partial charge on any atom is -0.312 e. The number of hydrogen-bond donors (Lipinski definition) is 1. The predicted molar refractivity (Wildman–Crippen MR) is 77.3 cm³/mol. The first kappa shape index (κ1) is 13.6. The molecule has 0 aliphatic rings. The number of rotatable bonds is 4. The zero-order chi connectivity index (χ0) is 13.1. The lowest BCUT2D eigenvalue weighted by Crippen LogP contribution is -2.11. The number of aryl methyl sites for hydroxylation is 1. The van der Waals surface area contributed by atoms with Crippen molar-refractivity contribution < 1.29 is 4.39 Å². The van der Waals surface area contributed by atoms with Crippen LogP contribution < -0.4 is 5.32 Å². The van der Waals surface area contributed by atoms with E-state index < -0.39 is 0 Å². The predicted octanol–water partition coefficient (Wildman–Crippen LogP) is 4.13. The van der Waals surface area contributed by atoms with Gasteiger partial charge in [0, 0.05) is 21.5 Å². The summed E-state index contributed by atoms with van der Waals surface area (Å²) < 4.78 is 14.1. The standard InChI is InChI=1S/C13H14BrFN2S/c1-3-16-7-12-8(2)17-13(18-12)9-4-10(14)6-11(15)5-9/h4-6,16H,3,7H2,1-2H3. The lowest BCUT2D eigenvalue weighted by molar-refractivity contribution is 0.627. The van der Waals surface area contributed by atoms with Crippen LogP contribution in [0.4, 0.5) is 4.39 Å². The van der Waals surface area contributed by atoms with E-state index >= 15 is 0 Å². The van der Waals surface area contributed by atoms with E-state index in [9.17, 15) is 4.39 Å². The molecule has 0 fully saturated rings. The molecule has 1 aromatic carbocycles. The Balaban J connectivity index is 2.33. The third-order valence-corrected chi connectivity index (χ3v) is 4.20. The highest BCUT2D eigenvalue weighted by molar-refractivity contribution is 9.10. The van der Waals surface area contributed by atoms with E-state index in [-0.39, 0.29) is 5.82 Å². The second-order valence-corrected chi connectivity index (χ2v) is 5.97. The molecular formula is C13H14BrFN2S. The second kappa shape index (κ2) is 5.91. The van der Waals surface area contributed by atoms with Gasteiger partial charge in [-0.1, -0.05) is 22.9 Å². The summed E-state index contributed by atoms with van der Waals surface area (Å²) in [7, 11) is 0. The Morgan fingerprint density at radius 2 is 2.17 bits per heavy atom. The molecule has 0 aliphatic heterocycles. The maximum absolute atomic E-state index is 13.4. The Morgan fingerprint density at radius 3 is 2.83 bits per heavy atom. The van der Waals surface area contributed by atoms with Crippen LogP contribution in [0.15, 0.2) is 22.7 Å². The van der Waals surface area contributed by atoms with E-state index in [1.807, 2.05) is 13.0 Å². The van der Waals surface area contributed by atoms with Gasteiger partial charge in [-0.15, -0.1) is 11.3 Å². The first-order valence-electron chi connectivity index (χ1n) is 5.73. The van der Waals surface area contributed by atoms with Crippen LogP contribution >= 0.6 is 27.3 Å². The smallest absolute Gasteiger partial charge is 0.125 e. The van der Waals surface area contributed by atoms with Crippen molar-refractivity contribution in [1.29, 1.82) is 0 Å². The molecule has 0 spiro atoms. The van der Waals surface area contributed by atoms with E-state index in [1.165, 1.54) is 17.0 Å². The summed E-state index contributed by atoms with van der Waals surface area (Å²) in [6.45, 7) is 5.80. The molecule has 2 nitrogen and oxygen atoms in total. The van der Waals surface area contributed by atoms with Crippen molar-refractivity contribution in [3.05, 3.63) is 39.1 Å². The van der Waals surface area contributed by atoms with Gasteiger partial charge < -0.3 is 5.32 Å². The van der Waals surface area contributed by atoms with Crippen LogP contribution in [-0.2, 0) is 6.54 Å². The van der Waals surface area contributed by atoms with Crippen LogP contribution in [-0.4, -0.2) is 11.5 Å². The minimum absolute atomic E-state index is 0.250. The number of nitrogens with zero attached hydrogens (tertiary/aromatic N) is 1. The summed E-state index contributed by atoms with van der Waals surface area (Å²) in [5.74, 6) is -0.250. The van der Waals surface area contributed by atoms with Gasteiger partial charge in [-0.25, -0.2) is 9.37 Å². The molecule has 96 valence electrons. The highest BCUT2D eigenvalue weighted by Gasteiger charge is 2.10. The Morgan fingerprint density at radius 1 is 1.39 bits per heavy atom. The third kappa shape index (κ3) is 3.16. The fourth-order valence-corrected chi connectivity index (χ4v) is 3.12. The van der Waals surface area contributed by atoms with E-state index in [2.05, 4.69) is 33.2 Å². The van der Waals surface area contributed by atoms with Gasteiger partial charge in [-0.2, -0.15) is 0 Å². The largest absolute Gasteiger partial charge is 0.312 e. The SMILES string of the molecule is CCNCc1sc(-c2cc(F)cc(Br)c2)nc1C. The van der Waals surface area contributed by atoms with Crippen molar-refractivity contribution in [2.24, 2.45) is 0 Å². The van der Waals surface area contributed by atoms with E-state index in [4.69, 9.17) is 0 Å². The molecule has 1 N–H and O–H groups in total. The van der Waals surface area contributed by atoms with Crippen molar-refractivity contribution in [1.82, 2.24) is 10.3 Å². The molecule has 1 heterocycles. The quantitative estimate of drug-likeness (QED) is 0.912. The van der Waals surface area contributed by atoms with Crippen molar-refractivity contribution in [3.63, 3.8) is 0 Å². The number of nitrogens with one attached hydrogen (secondary N) is 1. The van der Waals surface area contributed by atoms with Crippen molar-refractivity contribution in [2.75, 3.05) is 6.54 Å². The molecule has 0 bridgehead atoms. The Bertz CT molecular complexity index is 534. The zero-order valence-corrected chi connectivity index (χ0v) is 12.7. The van der Waals surface area contributed by atoms with Gasteiger partial charge in [0.1, 0.15) is 10.8 Å². The lowest BCUT2D eigenvalue weighted by Gasteiger charge is -1.98. The molecular weight excluding hydrogens is 315 g/mol. The minimum atomic E-state index is -0.250. The fraction of sp³-hybridized carbons (Fsp3) is 0.308. The Hall–Kier alpha value is -0.780. The van der Waals surface area contributed by atoms with Crippen molar-refractivity contribution in [3.8, 4) is 10.6 Å². The van der Waals surface area contributed by atoms with Gasteiger partial charge in [0.15, 0.2) is 0 Å². The lowest BCUT2D eigenvalue weighted by atomic mass is 10.2. The number of hydrogen-bond acceptors (Lipinski definition) is 3. The van der Waals surface area contributed by atoms with Gasteiger partial charge in [0.05, 0.1) is 5.69 Å². The Kier molecular flexibility index (Phi) is 4.48. The van der Waals surface area contributed by atoms with Crippen LogP contribution in [0, 0.1) is 12.7 Å². The first-order chi connectivity index (χ1) is 8.60. The van der Waals surface area contributed by atoms with Crippen LogP contribution in [0.2, 0.25) is 0 Å². The zero-order valence-electron chi connectivity index (χ0n) is 10.3. The summed E-state index contributed by atoms with van der Waals surface area (Å²) in [6.07, 6.45) is 0. The molecule has 2 aromatic rings. The van der Waals surface area contributed by atoms with Gasteiger partial charge >= 0.3 is 0 Å². The van der Waals surface area contributed by atoms with Gasteiger partial charge in [0.2, 0.25) is 0 Å². The number of aromatic nitrogens is 1. The average molecular weight is 329 g/mol. The monoisotopic (exact) mass is 328 g/mol. The maximum Gasteiger partial charge on any atom is 0.125 e. The number of thiazole rings is 1. The van der Waals surface area contributed by atoms with Crippen LogP contribution in [0.5, 0.6) is 0 Å². The maximum atomic E-state index is 13.4. The van der Waals surface area contributed by atoms with Gasteiger partial charge in [-0.05, 0) is 31.7 Å². The average Bonchev–Trinajstić information content (AvgIpc) is 2.67. The van der Waals surface area contributed by atoms with Gasteiger partial charge in [-0.3, -0.25) is 0 Å². The summed E-state index contributed by atoms with van der Waals surface area (Å²) in [4.78, 5) is 5.71. The molecule has 0 aliphatic carbocycles. The summed E-state index contributed by atoms with van der Waals surface area (Å²) in [5, 5.41) is 4.14. The molecule has 0 radical (unpaired) electrons. The van der Waals surface area contributed by atoms with Crippen LogP contribution in [0.1, 0.15) is 17.5 Å². The molecule has 1 aromatic heterocycles. The molecule has 18 heavy (non-hydrogen) atoms. The molecule has 0 saturated carbocycles. The normalized spacial score (nSPS) is 10.9.